The lowest BCUT2D eigenvalue weighted by Gasteiger charge is -2.33. The molecule has 0 radical (unpaired) electrons. The molecule has 134 valence electrons. The van der Waals surface area contributed by atoms with Gasteiger partial charge in [0.05, 0.1) is 18.8 Å². The third-order valence-corrected chi connectivity index (χ3v) is 4.83. The van der Waals surface area contributed by atoms with Crippen LogP contribution in [0.3, 0.4) is 0 Å². The number of carboxylic acid groups (broad SMARTS) is 1. The number of hydrogen-bond acceptors (Lipinski definition) is 3. The Hall–Kier alpha value is -2.01. The second kappa shape index (κ2) is 8.39. The van der Waals surface area contributed by atoms with Crippen LogP contribution < -0.4 is 5.73 Å². The van der Waals surface area contributed by atoms with Crippen LogP contribution in [0.1, 0.15) is 32.3 Å². The van der Waals surface area contributed by atoms with E-state index >= 15 is 0 Å². The lowest BCUT2D eigenvalue weighted by Crippen LogP contribution is -2.21. The Morgan fingerprint density at radius 3 is 2.48 bits per heavy atom. The van der Waals surface area contributed by atoms with Crippen molar-refractivity contribution in [1.82, 2.24) is 0 Å². The van der Waals surface area contributed by atoms with Gasteiger partial charge in [-0.05, 0) is 41.5 Å². The predicted octanol–water partition coefficient (Wildman–Crippen LogP) is 4.69. The van der Waals surface area contributed by atoms with Crippen molar-refractivity contribution in [3.63, 3.8) is 0 Å². The van der Waals surface area contributed by atoms with Gasteiger partial charge in [-0.2, -0.15) is 0 Å². The van der Waals surface area contributed by atoms with Crippen LogP contribution in [0.5, 0.6) is 0 Å². The minimum atomic E-state index is -0.769. The number of carbonyl (C=O) groups is 1. The molecule has 0 amide bonds. The first kappa shape index (κ1) is 19.3. The van der Waals surface area contributed by atoms with Crippen molar-refractivity contribution in [2.45, 2.75) is 26.7 Å². The van der Waals surface area contributed by atoms with E-state index in [1.165, 1.54) is 17.4 Å². The SMILES string of the molecule is CC1(C)CC(N)=CC(Br)=C1c1ccccc1.O=C(O)C1C=COCC1. The summed E-state index contributed by atoms with van der Waals surface area (Å²) in [5.74, 6) is -1.10. The number of nitrogens with two attached hydrogens (primary N) is 1. The number of hydrogen-bond donors (Lipinski definition) is 2. The van der Waals surface area contributed by atoms with Crippen LogP contribution in [0.15, 0.2) is 58.9 Å². The Balaban J connectivity index is 0.000000212. The van der Waals surface area contributed by atoms with Crippen LogP contribution in [-0.2, 0) is 9.53 Å². The molecule has 4 nitrogen and oxygen atoms in total. The zero-order valence-electron chi connectivity index (χ0n) is 14.5. The molecule has 0 aromatic heterocycles. The van der Waals surface area contributed by atoms with Gasteiger partial charge in [0, 0.05) is 10.2 Å². The van der Waals surface area contributed by atoms with Crippen molar-refractivity contribution in [2.24, 2.45) is 17.1 Å². The second-order valence-corrected chi connectivity index (χ2v) is 7.66. The van der Waals surface area contributed by atoms with Gasteiger partial charge in [0.15, 0.2) is 0 Å². The van der Waals surface area contributed by atoms with Crippen molar-refractivity contribution >= 4 is 27.5 Å². The largest absolute Gasteiger partial charge is 0.501 e. The molecule has 0 bridgehead atoms. The summed E-state index contributed by atoms with van der Waals surface area (Å²) in [6.07, 6.45) is 6.53. The Labute approximate surface area is 157 Å². The number of benzene rings is 1. The fraction of sp³-hybridized carbons (Fsp3) is 0.350. The first-order valence-electron chi connectivity index (χ1n) is 8.24. The highest BCUT2D eigenvalue weighted by Gasteiger charge is 2.30. The topological polar surface area (TPSA) is 72.6 Å². The maximum atomic E-state index is 10.2. The normalized spacial score (nSPS) is 21.6. The number of aliphatic carboxylic acids is 1. The smallest absolute Gasteiger partial charge is 0.310 e. The van der Waals surface area contributed by atoms with Crippen LogP contribution in [0, 0.1) is 11.3 Å². The average molecular weight is 406 g/mol. The van der Waals surface area contributed by atoms with Gasteiger partial charge in [-0.3, -0.25) is 4.79 Å². The van der Waals surface area contributed by atoms with E-state index in [2.05, 4.69) is 54.0 Å². The molecule has 0 saturated heterocycles. The van der Waals surface area contributed by atoms with Crippen LogP contribution in [0.4, 0.5) is 0 Å². The number of carboxylic acids is 1. The molecule has 1 aliphatic carbocycles. The highest BCUT2D eigenvalue weighted by molar-refractivity contribution is 9.12. The van der Waals surface area contributed by atoms with Crippen LogP contribution in [0.2, 0.25) is 0 Å². The van der Waals surface area contributed by atoms with Gasteiger partial charge in [0.2, 0.25) is 0 Å². The quantitative estimate of drug-likeness (QED) is 0.748. The molecule has 3 rings (SSSR count). The predicted molar refractivity (Wildman–Crippen MR) is 104 cm³/mol. The zero-order valence-corrected chi connectivity index (χ0v) is 16.1. The monoisotopic (exact) mass is 405 g/mol. The van der Waals surface area contributed by atoms with E-state index in [9.17, 15) is 4.79 Å². The minimum Gasteiger partial charge on any atom is -0.501 e. The van der Waals surface area contributed by atoms with Crippen LogP contribution >= 0.6 is 15.9 Å². The minimum absolute atomic E-state index is 0.0824. The summed E-state index contributed by atoms with van der Waals surface area (Å²) in [5, 5.41) is 8.43. The fourth-order valence-electron chi connectivity index (χ4n) is 3.06. The molecule has 1 aliphatic heterocycles. The first-order chi connectivity index (χ1) is 11.8. The van der Waals surface area contributed by atoms with Gasteiger partial charge < -0.3 is 15.6 Å². The molecular formula is C20H24BrNO3. The lowest BCUT2D eigenvalue weighted by atomic mass is 9.74. The Morgan fingerprint density at radius 1 is 1.32 bits per heavy atom. The highest BCUT2D eigenvalue weighted by Crippen LogP contribution is 2.46. The summed E-state index contributed by atoms with van der Waals surface area (Å²) in [4.78, 5) is 10.2. The molecule has 1 unspecified atom stereocenters. The second-order valence-electron chi connectivity index (χ2n) is 6.80. The summed E-state index contributed by atoms with van der Waals surface area (Å²) in [6.45, 7) is 4.99. The van der Waals surface area contributed by atoms with Crippen molar-refractivity contribution in [2.75, 3.05) is 6.61 Å². The summed E-state index contributed by atoms with van der Waals surface area (Å²) in [6, 6.07) is 10.5. The molecule has 1 heterocycles. The fourth-order valence-corrected chi connectivity index (χ4v) is 4.12. The van der Waals surface area contributed by atoms with E-state index in [0.717, 1.165) is 16.6 Å². The first-order valence-corrected chi connectivity index (χ1v) is 9.03. The molecule has 25 heavy (non-hydrogen) atoms. The highest BCUT2D eigenvalue weighted by atomic mass is 79.9. The van der Waals surface area contributed by atoms with Gasteiger partial charge in [-0.15, -0.1) is 0 Å². The zero-order chi connectivity index (χ0) is 18.4. The maximum Gasteiger partial charge on any atom is 0.310 e. The molecule has 5 heteroatoms. The van der Waals surface area contributed by atoms with Gasteiger partial charge >= 0.3 is 5.97 Å². The molecule has 0 fully saturated rings. The molecule has 3 N–H and O–H groups in total. The number of allylic oxidation sites excluding steroid dienone is 4. The molecule has 1 aromatic rings. The number of ether oxygens (including phenoxy) is 1. The van der Waals surface area contributed by atoms with Gasteiger partial charge in [0.1, 0.15) is 0 Å². The molecule has 0 saturated carbocycles. The van der Waals surface area contributed by atoms with Gasteiger partial charge in [0.25, 0.3) is 0 Å². The number of halogens is 1. The van der Waals surface area contributed by atoms with Gasteiger partial charge in [-0.1, -0.05) is 60.1 Å². The van der Waals surface area contributed by atoms with Crippen molar-refractivity contribution in [1.29, 1.82) is 0 Å². The average Bonchev–Trinajstić information content (AvgIpc) is 2.55. The molecule has 2 aliphatic rings. The van der Waals surface area contributed by atoms with Crippen molar-refractivity contribution in [3.05, 3.63) is 64.5 Å². The summed E-state index contributed by atoms with van der Waals surface area (Å²) in [7, 11) is 0. The molecular weight excluding hydrogens is 382 g/mol. The van der Waals surface area contributed by atoms with E-state index in [0.29, 0.717) is 13.0 Å². The summed E-state index contributed by atoms with van der Waals surface area (Å²) >= 11 is 3.63. The van der Waals surface area contributed by atoms with E-state index in [-0.39, 0.29) is 11.3 Å². The van der Waals surface area contributed by atoms with E-state index in [1.807, 2.05) is 12.1 Å². The molecule has 1 aromatic carbocycles. The Kier molecular flexibility index (Phi) is 6.48. The summed E-state index contributed by atoms with van der Waals surface area (Å²) in [5.41, 5.74) is 9.56. The molecule has 1 atom stereocenters. The standard InChI is InChI=1S/C14H16BrN.C6H8O3/c1-14(2)9-11(16)8-12(15)13(14)10-6-4-3-5-7-10;7-6(8)5-1-3-9-4-2-5/h3-8H,9,16H2,1-2H3;1,3,5H,2,4H2,(H,7,8). The Bertz CT molecular complexity index is 705. The van der Waals surface area contributed by atoms with Crippen LogP contribution in [-0.4, -0.2) is 17.7 Å². The summed E-state index contributed by atoms with van der Waals surface area (Å²) < 4.78 is 5.91. The van der Waals surface area contributed by atoms with E-state index in [4.69, 9.17) is 15.6 Å². The third-order valence-electron chi connectivity index (χ3n) is 4.21. The van der Waals surface area contributed by atoms with E-state index in [1.54, 1.807) is 6.08 Å². The van der Waals surface area contributed by atoms with Crippen molar-refractivity contribution < 1.29 is 14.6 Å². The Morgan fingerprint density at radius 2 is 2.00 bits per heavy atom. The van der Waals surface area contributed by atoms with Crippen molar-refractivity contribution in [3.8, 4) is 0 Å². The molecule has 0 spiro atoms. The van der Waals surface area contributed by atoms with Gasteiger partial charge in [-0.25, -0.2) is 0 Å². The third kappa shape index (κ3) is 5.23. The number of rotatable bonds is 2. The van der Waals surface area contributed by atoms with E-state index < -0.39 is 5.97 Å². The maximum absolute atomic E-state index is 10.2. The lowest BCUT2D eigenvalue weighted by molar-refractivity contribution is -0.140. The van der Waals surface area contributed by atoms with Crippen LogP contribution in [0.25, 0.3) is 5.57 Å².